The summed E-state index contributed by atoms with van der Waals surface area (Å²) in [5.74, 6) is 2.61. The van der Waals surface area contributed by atoms with Crippen molar-refractivity contribution in [2.45, 2.75) is 41.9 Å². The second kappa shape index (κ2) is 12.9. The largest absolute Gasteiger partial charge is 0.491 e. The summed E-state index contributed by atoms with van der Waals surface area (Å²) in [5.41, 5.74) is 9.14. The molecule has 0 saturated carbocycles. The van der Waals surface area contributed by atoms with Gasteiger partial charge < -0.3 is 14.0 Å². The number of carbonyl (C=O) groups is 1. The van der Waals surface area contributed by atoms with Gasteiger partial charge in [-0.3, -0.25) is 14.3 Å². The molecule has 0 spiro atoms. The van der Waals surface area contributed by atoms with Gasteiger partial charge in [0.2, 0.25) is 0 Å². The van der Waals surface area contributed by atoms with E-state index >= 15 is 0 Å². The second-order valence-electron chi connectivity index (χ2n) is 11.7. The Hall–Kier alpha value is -3.93. The molecule has 4 aromatic heterocycles. The van der Waals surface area contributed by atoms with Crippen LogP contribution in [-0.4, -0.2) is 48.8 Å². The number of nitrogens with zero attached hydrogens (tertiary/aromatic N) is 6. The number of thioether (sulfide) groups is 2. The molecule has 242 valence electrons. The predicted molar refractivity (Wildman–Crippen MR) is 190 cm³/mol. The van der Waals surface area contributed by atoms with Crippen LogP contribution < -0.4 is 4.74 Å². The summed E-state index contributed by atoms with van der Waals surface area (Å²) in [5, 5.41) is 12.3. The smallest absolute Gasteiger partial charge is 0.354 e. The lowest BCUT2D eigenvalue weighted by Crippen LogP contribution is -2.11. The molecule has 2 aromatic carbocycles. The number of hydrogen-bond acceptors (Lipinski definition) is 8. The number of rotatable bonds is 1. The van der Waals surface area contributed by atoms with Crippen LogP contribution in [-0.2, 0) is 49.6 Å². The fraction of sp³-hybridized carbons (Fsp3) is 0.314. The molecule has 0 unspecified atom stereocenters. The van der Waals surface area contributed by atoms with Crippen LogP contribution in [0.1, 0.15) is 45.2 Å². The van der Waals surface area contributed by atoms with Crippen molar-refractivity contribution in [3.63, 3.8) is 0 Å². The van der Waals surface area contributed by atoms with Gasteiger partial charge in [-0.15, -0.1) is 23.5 Å². The molecular weight excluding hydrogens is 652 g/mol. The van der Waals surface area contributed by atoms with Gasteiger partial charge in [0, 0.05) is 77.1 Å². The third-order valence-corrected chi connectivity index (χ3v) is 11.1. The van der Waals surface area contributed by atoms with Gasteiger partial charge in [-0.25, -0.2) is 4.79 Å². The summed E-state index contributed by atoms with van der Waals surface area (Å²) in [4.78, 5) is 19.0. The molecule has 47 heavy (non-hydrogen) atoms. The van der Waals surface area contributed by atoms with Crippen LogP contribution in [0.25, 0.3) is 32.9 Å². The van der Waals surface area contributed by atoms with Crippen LogP contribution >= 0.6 is 35.1 Å². The van der Waals surface area contributed by atoms with Crippen molar-refractivity contribution in [3.8, 4) is 16.9 Å². The Balaban J connectivity index is 1.37. The van der Waals surface area contributed by atoms with Crippen LogP contribution in [0.15, 0.2) is 53.6 Å². The lowest BCUT2D eigenvalue weighted by Gasteiger charge is -2.12. The Labute approximate surface area is 286 Å². The van der Waals surface area contributed by atoms with Crippen molar-refractivity contribution >= 4 is 62.9 Å². The number of halogens is 1. The molecule has 1 aliphatic heterocycles. The third kappa shape index (κ3) is 5.78. The monoisotopic (exact) mass is 686 g/mol. The molecule has 0 N–H and O–H groups in total. The minimum absolute atomic E-state index is 0.385. The highest BCUT2D eigenvalue weighted by atomic mass is 35.5. The molecule has 7 rings (SSSR count). The van der Waals surface area contributed by atoms with Gasteiger partial charge in [-0.05, 0) is 55.7 Å². The average molecular weight is 687 g/mol. The van der Waals surface area contributed by atoms with Crippen LogP contribution in [0.5, 0.6) is 5.75 Å². The Bertz CT molecular complexity index is 2170. The molecule has 8 bridgehead atoms. The van der Waals surface area contributed by atoms with Crippen molar-refractivity contribution in [1.29, 1.82) is 0 Å². The van der Waals surface area contributed by atoms with E-state index in [1.165, 1.54) is 7.11 Å². The van der Waals surface area contributed by atoms with Crippen molar-refractivity contribution in [3.05, 3.63) is 87.7 Å². The van der Waals surface area contributed by atoms with Crippen molar-refractivity contribution in [2.24, 2.45) is 21.1 Å². The van der Waals surface area contributed by atoms with Gasteiger partial charge in [-0.2, -0.15) is 10.2 Å². The fourth-order valence-electron chi connectivity index (χ4n) is 6.59. The molecule has 5 heterocycles. The topological polar surface area (TPSA) is 89.0 Å². The molecular formula is C35H35ClN6O3S2. The summed E-state index contributed by atoms with van der Waals surface area (Å²) in [6.45, 7) is 2.46. The molecule has 0 atom stereocenters. The number of benzene rings is 2. The van der Waals surface area contributed by atoms with E-state index in [9.17, 15) is 4.79 Å². The highest BCUT2D eigenvalue weighted by Crippen LogP contribution is 2.43. The van der Waals surface area contributed by atoms with E-state index in [0.29, 0.717) is 35.9 Å². The number of hydrogen-bond donors (Lipinski definition) is 0. The third-order valence-electron chi connectivity index (χ3n) is 8.75. The summed E-state index contributed by atoms with van der Waals surface area (Å²) < 4.78 is 17.6. The number of esters is 1. The highest BCUT2D eigenvalue weighted by Gasteiger charge is 2.28. The highest BCUT2D eigenvalue weighted by molar-refractivity contribution is 7.98. The molecule has 6 aromatic rings. The molecule has 0 saturated heterocycles. The number of methoxy groups -OCH3 is 1. The van der Waals surface area contributed by atoms with Crippen LogP contribution in [0.4, 0.5) is 0 Å². The zero-order chi connectivity index (χ0) is 32.8. The molecule has 9 nitrogen and oxygen atoms in total. The number of carbonyl (C=O) groups excluding carboxylic acids is 1. The van der Waals surface area contributed by atoms with Gasteiger partial charge in [-0.1, -0.05) is 23.7 Å². The van der Waals surface area contributed by atoms with Gasteiger partial charge >= 0.3 is 5.97 Å². The first-order valence-electron chi connectivity index (χ1n) is 15.4. The fourth-order valence-corrected chi connectivity index (χ4v) is 8.80. The zero-order valence-electron chi connectivity index (χ0n) is 27.0. The zero-order valence-corrected chi connectivity index (χ0v) is 29.4. The van der Waals surface area contributed by atoms with Gasteiger partial charge in [0.1, 0.15) is 17.0 Å². The van der Waals surface area contributed by atoms with E-state index < -0.39 is 0 Å². The minimum Gasteiger partial charge on any atom is -0.491 e. The molecule has 0 amide bonds. The Morgan fingerprint density at radius 1 is 1.02 bits per heavy atom. The first-order valence-corrected chi connectivity index (χ1v) is 17.9. The maximum Gasteiger partial charge on any atom is 0.354 e. The Morgan fingerprint density at radius 3 is 2.70 bits per heavy atom. The van der Waals surface area contributed by atoms with Gasteiger partial charge in [0.05, 0.1) is 41.3 Å². The lowest BCUT2D eigenvalue weighted by molar-refractivity contribution is 0.0589. The first-order chi connectivity index (χ1) is 22.7. The number of aromatic nitrogens is 6. The molecule has 0 radical (unpaired) electrons. The van der Waals surface area contributed by atoms with Crippen LogP contribution in [0.2, 0.25) is 5.02 Å². The SMILES string of the molecule is COC(=O)c1c2c3ccc(Cl)c(c3n1C)-c1c(C)nn(C)c1CSCc1cc(n(C)n1)CSc1cc(c3ncccc3c1)OCCC2. The predicted octanol–water partition coefficient (Wildman–Crippen LogP) is 7.66. The number of aryl methyl sites for hydroxylation is 5. The van der Waals surface area contributed by atoms with E-state index in [1.54, 1.807) is 29.7 Å². The summed E-state index contributed by atoms with van der Waals surface area (Å²) in [6.07, 6.45) is 3.08. The van der Waals surface area contributed by atoms with Gasteiger partial charge in [0.25, 0.3) is 0 Å². The van der Waals surface area contributed by atoms with Crippen molar-refractivity contribution in [2.75, 3.05) is 13.7 Å². The quantitative estimate of drug-likeness (QED) is 0.163. The van der Waals surface area contributed by atoms with E-state index in [0.717, 1.165) is 83.4 Å². The van der Waals surface area contributed by atoms with E-state index in [1.807, 2.05) is 60.2 Å². The number of ether oxygens (including phenoxy) is 2. The van der Waals surface area contributed by atoms with Crippen LogP contribution in [0, 0.1) is 6.92 Å². The molecule has 1 aliphatic rings. The van der Waals surface area contributed by atoms with Crippen molar-refractivity contribution in [1.82, 2.24) is 29.1 Å². The van der Waals surface area contributed by atoms with E-state index in [2.05, 4.69) is 29.2 Å². The molecule has 0 fully saturated rings. The maximum absolute atomic E-state index is 13.3. The van der Waals surface area contributed by atoms with Crippen molar-refractivity contribution < 1.29 is 14.3 Å². The van der Waals surface area contributed by atoms with Gasteiger partial charge in [0.15, 0.2) is 0 Å². The number of pyridine rings is 1. The van der Waals surface area contributed by atoms with Crippen LogP contribution in [0.3, 0.4) is 0 Å². The summed E-state index contributed by atoms with van der Waals surface area (Å²) in [7, 11) is 7.31. The normalized spacial score (nSPS) is 14.2. The Morgan fingerprint density at radius 2 is 1.87 bits per heavy atom. The molecule has 0 aliphatic carbocycles. The van der Waals surface area contributed by atoms with E-state index in [4.69, 9.17) is 31.3 Å². The summed E-state index contributed by atoms with van der Waals surface area (Å²) in [6, 6.07) is 14.4. The van der Waals surface area contributed by atoms with E-state index in [-0.39, 0.29) is 5.97 Å². The maximum atomic E-state index is 13.3. The first kappa shape index (κ1) is 31.7. The minimum atomic E-state index is -0.385. The number of fused-ring (bicyclic) bond motifs is 8. The second-order valence-corrected chi connectivity index (χ2v) is 14.1. The lowest BCUT2D eigenvalue weighted by atomic mass is 9.98. The Kier molecular flexibility index (Phi) is 8.71. The summed E-state index contributed by atoms with van der Waals surface area (Å²) >= 11 is 10.6. The molecule has 12 heteroatoms. The average Bonchev–Trinajstić information content (AvgIpc) is 3.66. The standard InChI is InChI=1S/C35H35ClN6O3S2/c1-20-30-28(42(4)38-20)19-46-17-22-15-23(41(3)39-22)18-47-24-14-21-8-6-12-37-32(21)29(16-24)45-13-7-9-25-26-10-11-27(36)31(30)33(26)40(2)34(25)35(43)44-5/h6,8,10-12,14-16H,7,9,13,17-19H2,1-5H3.